The van der Waals surface area contributed by atoms with Gasteiger partial charge in [-0.1, -0.05) is 24.3 Å². The van der Waals surface area contributed by atoms with Crippen molar-refractivity contribution in [2.75, 3.05) is 190 Å². The smallest absolute Gasteiger partial charge is 0.320 e. The first-order valence-corrected chi connectivity index (χ1v) is 37.3. The zero-order valence-electron chi connectivity index (χ0n) is 65.0. The van der Waals surface area contributed by atoms with Crippen LogP contribution in [-0.2, 0) is 78.5 Å². The lowest BCUT2D eigenvalue weighted by molar-refractivity contribution is -0.158. The average molecular weight is 1500 g/mol. The van der Waals surface area contributed by atoms with Gasteiger partial charge in [0.25, 0.3) is 0 Å². The molecule has 2 fully saturated rings. The predicted octanol–water partition coefficient (Wildman–Crippen LogP) is 3.92. The maximum atomic E-state index is 13.0. The molecule has 0 atom stereocenters. The molecule has 2 saturated heterocycles. The summed E-state index contributed by atoms with van der Waals surface area (Å²) in [5.41, 5.74) is 8.01. The highest BCUT2D eigenvalue weighted by atomic mass is 16.6. The van der Waals surface area contributed by atoms with Crippen LogP contribution in [0.4, 0.5) is 0 Å². The molecular weight excluding hydrogens is 1370 g/mol. The Morgan fingerprint density at radius 2 is 0.645 bits per heavy atom. The summed E-state index contributed by atoms with van der Waals surface area (Å²) in [5.74, 6) is -4.69. The second kappa shape index (κ2) is 49.9. The Morgan fingerprint density at radius 3 is 0.916 bits per heavy atom. The summed E-state index contributed by atoms with van der Waals surface area (Å²) in [6.45, 7) is 29.7. The quantitative estimate of drug-likeness (QED) is 0.0327. The van der Waals surface area contributed by atoms with Crippen molar-refractivity contribution in [2.45, 2.75) is 131 Å². The maximum Gasteiger partial charge on any atom is 0.320 e. The van der Waals surface area contributed by atoms with Crippen molar-refractivity contribution < 1.29 is 73.0 Å². The minimum atomic E-state index is -0.993. The lowest BCUT2D eigenvalue weighted by Gasteiger charge is -2.34. The zero-order valence-corrected chi connectivity index (χ0v) is 65.0. The molecule has 0 aromatic carbocycles. The third-order valence-electron chi connectivity index (χ3n) is 17.0. The van der Waals surface area contributed by atoms with Gasteiger partial charge in [-0.25, -0.2) is 0 Å². The molecule has 4 aromatic rings. The highest BCUT2D eigenvalue weighted by molar-refractivity contribution is 5.78. The summed E-state index contributed by atoms with van der Waals surface area (Å²) in [4.78, 5) is 134. The number of ether oxygens (including phenoxy) is 3. The predicted molar refractivity (Wildman–Crippen MR) is 407 cm³/mol. The number of carboxylic acid groups (broad SMARTS) is 4. The number of rotatable bonds is 34. The molecule has 107 heavy (non-hydrogen) atoms. The van der Waals surface area contributed by atoms with Gasteiger partial charge in [-0.3, -0.25) is 97.5 Å². The van der Waals surface area contributed by atoms with E-state index in [-0.39, 0.29) is 69.4 Å². The zero-order chi connectivity index (χ0) is 78.6. The number of Topliss-reactive ketones (excluding diaryl/α,β-unsaturated/α-hetero) is 1. The normalized spacial score (nSPS) is 16.1. The number of carboxylic acids is 4. The van der Waals surface area contributed by atoms with E-state index in [1.807, 2.05) is 161 Å². The largest absolute Gasteiger partial charge is 0.481 e. The number of nitrogens with zero attached hydrogens (tertiary/aromatic N) is 14. The second-order valence-electron chi connectivity index (χ2n) is 29.9. The van der Waals surface area contributed by atoms with E-state index in [0.717, 1.165) is 68.3 Å². The molecule has 2 aliphatic rings. The molecule has 596 valence electrons. The van der Waals surface area contributed by atoms with Crippen LogP contribution in [0.2, 0.25) is 0 Å². The second-order valence-corrected chi connectivity index (χ2v) is 29.9. The Hall–Kier alpha value is -7.88. The van der Waals surface area contributed by atoms with E-state index in [4.69, 9.17) is 19.9 Å². The van der Waals surface area contributed by atoms with Crippen molar-refractivity contribution in [3.05, 3.63) is 120 Å². The van der Waals surface area contributed by atoms with Crippen LogP contribution in [0.5, 0.6) is 0 Å². The van der Waals surface area contributed by atoms with Crippen LogP contribution in [-0.4, -0.2) is 344 Å². The van der Waals surface area contributed by atoms with E-state index >= 15 is 0 Å². The molecule has 0 spiro atoms. The molecule has 6 heterocycles. The first-order chi connectivity index (χ1) is 50.7. The molecular formula is C77H123N15O15. The minimum Gasteiger partial charge on any atom is -0.481 e. The minimum absolute atomic E-state index is 0.0121. The van der Waals surface area contributed by atoms with E-state index in [2.05, 4.69) is 40.7 Å². The van der Waals surface area contributed by atoms with Crippen molar-refractivity contribution in [3.8, 4) is 0 Å². The van der Waals surface area contributed by atoms with Gasteiger partial charge in [-0.15, -0.1) is 0 Å². The number of pyridine rings is 4. The summed E-state index contributed by atoms with van der Waals surface area (Å²) in [7, 11) is 0. The number of ketones is 1. The molecule has 0 aliphatic carbocycles. The molecule has 0 unspecified atom stereocenters. The van der Waals surface area contributed by atoms with E-state index in [0.29, 0.717) is 150 Å². The summed E-state index contributed by atoms with van der Waals surface area (Å²) in [6, 6.07) is 23.8. The molecule has 30 nitrogen and oxygen atoms in total. The van der Waals surface area contributed by atoms with Crippen molar-refractivity contribution in [1.29, 1.82) is 0 Å². The number of carbonyl (C=O) groups is 8. The van der Waals surface area contributed by atoms with Crippen molar-refractivity contribution >= 4 is 47.6 Å². The summed E-state index contributed by atoms with van der Waals surface area (Å²) < 4.78 is 16.6. The highest BCUT2D eigenvalue weighted by Gasteiger charge is 2.27. The van der Waals surface area contributed by atoms with E-state index in [1.165, 1.54) is 0 Å². The Labute approximate surface area is 633 Å². The number of aromatic nitrogens is 4. The first-order valence-electron chi connectivity index (χ1n) is 37.3. The fraction of sp³-hybridized carbons (Fsp3) is 0.636. The molecule has 0 saturated carbocycles. The number of hydrogen-bond acceptors (Lipinski definition) is 26. The van der Waals surface area contributed by atoms with Crippen molar-refractivity contribution in [1.82, 2.24) is 68.9 Å². The van der Waals surface area contributed by atoms with Gasteiger partial charge in [0.15, 0.2) is 0 Å². The third kappa shape index (κ3) is 46.2. The molecule has 6 rings (SSSR count). The Balaban J connectivity index is 0.000000366. The van der Waals surface area contributed by atoms with Crippen LogP contribution in [0, 0.1) is 0 Å². The van der Waals surface area contributed by atoms with Crippen LogP contribution in [0.3, 0.4) is 0 Å². The van der Waals surface area contributed by atoms with Gasteiger partial charge in [0.2, 0.25) is 0 Å². The molecule has 0 radical (unpaired) electrons. The summed E-state index contributed by atoms with van der Waals surface area (Å²) in [5, 5.41) is 37.5. The SMILES string of the molecule is CC(C)(C)OC(=O)CN1CCN(CCC(=O)O)CCN(CC(=O)OC(C)(C)C)CCN(CC(=O)OC(C)(C)C)CC1.NCCN(CCc1ccccn1)Cc1ccccn1.O=C(O)CN1CCN(CCC(=O)CCCN(CCc2ccccn2)Cc2ccccn2)CCN(CC(=O)O)CCN(CC(=O)O)CC1. The maximum absolute atomic E-state index is 13.0. The van der Waals surface area contributed by atoms with Crippen LogP contribution in [0.1, 0.15) is 111 Å². The van der Waals surface area contributed by atoms with E-state index in [1.54, 1.807) is 27.1 Å². The van der Waals surface area contributed by atoms with Crippen molar-refractivity contribution in [2.24, 2.45) is 5.73 Å². The standard InChI is InChI=1S/C33H49N7O7.C29H54N4O8.C15H20N4/c41-30(8-5-13-37(24-29-7-2-4-12-35-29)14-9-28-6-1-3-11-34-28)10-15-36-16-18-38(25-31(42)43)20-22-40(27-33(46)47)23-21-39(19-17-36)26-32(44)45;1-27(2,3)39-24(36)20-31-14-12-30(11-10-23(34)35)13-15-32(21-25(37)40-28(4,5)6)17-19-33(18-16-31)22-26(38)41-29(7,8)9;16-8-12-19(13-15-6-2-4-10-18-15)11-7-14-5-1-3-9-17-14/h1-4,6-7,11-12H,5,8-10,13-27H2,(H,42,43)(H,44,45)(H,46,47);10-22H2,1-9H3,(H,34,35);1-6,9-10H,7-8,11-13,16H2. The van der Waals surface area contributed by atoms with Crippen LogP contribution < -0.4 is 5.73 Å². The number of carbonyl (C=O) groups excluding carboxylic acids is 4. The molecule has 0 amide bonds. The van der Waals surface area contributed by atoms with Crippen molar-refractivity contribution in [3.63, 3.8) is 0 Å². The Kier molecular flexibility index (Phi) is 42.7. The number of nitrogens with two attached hydrogens (primary N) is 1. The van der Waals surface area contributed by atoms with Crippen LogP contribution in [0.15, 0.2) is 97.6 Å². The molecule has 0 bridgehead atoms. The Bertz CT molecular complexity index is 3130. The van der Waals surface area contributed by atoms with Gasteiger partial charge >= 0.3 is 41.8 Å². The van der Waals surface area contributed by atoms with Gasteiger partial charge in [-0.05, 0) is 124 Å². The van der Waals surface area contributed by atoms with Gasteiger partial charge in [0.1, 0.15) is 22.6 Å². The fourth-order valence-electron chi connectivity index (χ4n) is 11.8. The number of esters is 3. The topological polar surface area (TPSA) is 355 Å². The van der Waals surface area contributed by atoms with Gasteiger partial charge in [-0.2, -0.15) is 0 Å². The lowest BCUT2D eigenvalue weighted by atomic mass is 10.1. The summed E-state index contributed by atoms with van der Waals surface area (Å²) >= 11 is 0. The third-order valence-corrected chi connectivity index (χ3v) is 17.0. The number of aliphatic carboxylic acids is 4. The van der Waals surface area contributed by atoms with E-state index < -0.39 is 40.7 Å². The molecule has 2 aliphatic heterocycles. The molecule has 4 aromatic heterocycles. The average Bonchev–Trinajstić information content (AvgIpc) is 0.888. The Morgan fingerprint density at radius 1 is 0.364 bits per heavy atom. The van der Waals surface area contributed by atoms with E-state index in [9.17, 15) is 58.8 Å². The molecule has 6 N–H and O–H groups in total. The van der Waals surface area contributed by atoms with Crippen LogP contribution >= 0.6 is 0 Å². The number of hydrogen-bond donors (Lipinski definition) is 5. The highest BCUT2D eigenvalue weighted by Crippen LogP contribution is 2.14. The fourth-order valence-corrected chi connectivity index (χ4v) is 11.8. The molecule has 30 heteroatoms. The monoisotopic (exact) mass is 1500 g/mol. The lowest BCUT2D eigenvalue weighted by Crippen LogP contribution is -2.49. The van der Waals surface area contributed by atoms with Gasteiger partial charge in [0.05, 0.1) is 57.1 Å². The van der Waals surface area contributed by atoms with Gasteiger partial charge in [0, 0.05) is 219 Å². The summed E-state index contributed by atoms with van der Waals surface area (Å²) in [6.07, 6.45) is 10.4. The first kappa shape index (κ1) is 91.5. The van der Waals surface area contributed by atoms with Crippen LogP contribution in [0.25, 0.3) is 0 Å². The van der Waals surface area contributed by atoms with Gasteiger partial charge < -0.3 is 50.2 Å².